The van der Waals surface area contributed by atoms with Crippen LogP contribution in [-0.4, -0.2) is 26.3 Å². The number of nitrogens with zero attached hydrogens (tertiary/aromatic N) is 2. The molecule has 4 aromatic rings. The van der Waals surface area contributed by atoms with Gasteiger partial charge in [-0.15, -0.1) is 0 Å². The predicted octanol–water partition coefficient (Wildman–Crippen LogP) is 4.02. The molecule has 23 heavy (non-hydrogen) atoms. The number of carbonyl (C=O) groups is 1. The number of aromatic amines is 1. The molecule has 0 saturated carbocycles. The Labute approximate surface area is 136 Å². The van der Waals surface area contributed by atoms with Crippen LogP contribution in [0, 0.1) is 0 Å². The molecule has 4 rings (SSSR count). The van der Waals surface area contributed by atoms with Crippen LogP contribution in [0.5, 0.6) is 0 Å². The first-order valence-electron chi connectivity index (χ1n) is 7.28. The first kappa shape index (κ1) is 13.9. The van der Waals surface area contributed by atoms with E-state index in [1.165, 1.54) is 11.7 Å². The molecular weight excluding hydrogens is 310 g/mol. The zero-order chi connectivity index (χ0) is 15.8. The molecule has 5 nitrogen and oxygen atoms in total. The number of hydrogen-bond acceptors (Lipinski definition) is 5. The third-order valence-electron chi connectivity index (χ3n) is 3.70. The Bertz CT molecular complexity index is 1000. The van der Waals surface area contributed by atoms with E-state index < -0.39 is 5.97 Å². The fourth-order valence-electron chi connectivity index (χ4n) is 2.71. The summed E-state index contributed by atoms with van der Waals surface area (Å²) in [6, 6.07) is 13.8. The van der Waals surface area contributed by atoms with Crippen molar-refractivity contribution in [2.24, 2.45) is 0 Å². The molecule has 2 aromatic carbocycles. The number of aromatic nitrogens is 3. The van der Waals surface area contributed by atoms with E-state index in [2.05, 4.69) is 13.7 Å². The summed E-state index contributed by atoms with van der Waals surface area (Å²) in [5, 5.41) is 1.66. The van der Waals surface area contributed by atoms with Crippen LogP contribution in [0.15, 0.2) is 42.5 Å². The smallest absolute Gasteiger partial charge is 0.357 e. The molecule has 6 heteroatoms. The van der Waals surface area contributed by atoms with Gasteiger partial charge in [-0.1, -0.05) is 30.3 Å². The summed E-state index contributed by atoms with van der Waals surface area (Å²) in [6.07, 6.45) is 0. The number of H-pyrrole nitrogens is 1. The van der Waals surface area contributed by atoms with Crippen LogP contribution in [0.4, 0.5) is 0 Å². The lowest BCUT2D eigenvalue weighted by Gasteiger charge is -1.99. The first-order valence-corrected chi connectivity index (χ1v) is 8.06. The summed E-state index contributed by atoms with van der Waals surface area (Å²) < 4.78 is 12.7. The number of nitrogens with one attached hydrogen (secondary N) is 1. The quantitative estimate of drug-likeness (QED) is 0.578. The third kappa shape index (κ3) is 2.19. The molecule has 0 atom stereocenters. The molecule has 2 heterocycles. The number of rotatable bonds is 3. The Morgan fingerprint density at radius 3 is 2.83 bits per heavy atom. The van der Waals surface area contributed by atoms with Crippen molar-refractivity contribution in [2.45, 2.75) is 6.92 Å². The Morgan fingerprint density at radius 2 is 2.04 bits per heavy atom. The van der Waals surface area contributed by atoms with Crippen molar-refractivity contribution in [1.29, 1.82) is 0 Å². The van der Waals surface area contributed by atoms with Gasteiger partial charge < -0.3 is 4.74 Å². The highest BCUT2D eigenvalue weighted by atomic mass is 32.1. The van der Waals surface area contributed by atoms with Gasteiger partial charge in [-0.25, -0.2) is 9.78 Å². The number of carbonyl (C=O) groups excluding carboxylic acids is 1. The van der Waals surface area contributed by atoms with E-state index in [4.69, 9.17) is 4.74 Å². The maximum atomic E-state index is 12.3. The van der Waals surface area contributed by atoms with Crippen LogP contribution in [0.25, 0.3) is 33.1 Å². The van der Waals surface area contributed by atoms with Gasteiger partial charge in [0.1, 0.15) is 5.52 Å². The molecule has 0 unspecified atom stereocenters. The SMILES string of the molecule is CCOC(=O)c1nc(-c2ccccc2)c2ccc3[nH]snc3c12. The van der Waals surface area contributed by atoms with Gasteiger partial charge in [-0.05, 0) is 19.1 Å². The molecule has 0 spiro atoms. The summed E-state index contributed by atoms with van der Waals surface area (Å²) >= 11 is 1.25. The molecule has 2 aromatic heterocycles. The highest BCUT2D eigenvalue weighted by molar-refractivity contribution is 7.00. The zero-order valence-electron chi connectivity index (χ0n) is 12.4. The number of fused-ring (bicyclic) bond motifs is 3. The predicted molar refractivity (Wildman–Crippen MR) is 90.7 cm³/mol. The molecule has 0 saturated heterocycles. The van der Waals surface area contributed by atoms with Crippen molar-refractivity contribution in [3.63, 3.8) is 0 Å². The Morgan fingerprint density at radius 1 is 1.22 bits per heavy atom. The number of ether oxygens (including phenoxy) is 1. The average Bonchev–Trinajstić information content (AvgIpc) is 3.19. The summed E-state index contributed by atoms with van der Waals surface area (Å²) in [5.41, 5.74) is 3.71. The van der Waals surface area contributed by atoms with Crippen LogP contribution >= 0.6 is 11.7 Å². The Hall–Kier alpha value is -2.73. The molecule has 0 amide bonds. The number of benzene rings is 2. The van der Waals surface area contributed by atoms with E-state index in [0.717, 1.165) is 33.1 Å². The second kappa shape index (κ2) is 5.48. The monoisotopic (exact) mass is 323 g/mol. The average molecular weight is 323 g/mol. The van der Waals surface area contributed by atoms with Crippen LogP contribution in [-0.2, 0) is 4.74 Å². The fourth-order valence-corrected chi connectivity index (χ4v) is 3.30. The van der Waals surface area contributed by atoms with E-state index in [0.29, 0.717) is 12.3 Å². The summed E-state index contributed by atoms with van der Waals surface area (Å²) in [6.45, 7) is 2.10. The van der Waals surface area contributed by atoms with E-state index in [1.807, 2.05) is 42.5 Å². The fraction of sp³-hybridized carbons (Fsp3) is 0.118. The molecule has 0 aliphatic rings. The van der Waals surface area contributed by atoms with Crippen molar-refractivity contribution in [3.05, 3.63) is 48.2 Å². The molecule has 0 aliphatic carbocycles. The van der Waals surface area contributed by atoms with Crippen LogP contribution in [0.1, 0.15) is 17.4 Å². The Balaban J connectivity index is 2.07. The maximum Gasteiger partial charge on any atom is 0.357 e. The second-order valence-electron chi connectivity index (χ2n) is 5.06. The van der Waals surface area contributed by atoms with Crippen molar-refractivity contribution >= 4 is 39.5 Å². The molecule has 0 aliphatic heterocycles. The van der Waals surface area contributed by atoms with Gasteiger partial charge in [0.2, 0.25) is 0 Å². The van der Waals surface area contributed by atoms with Crippen molar-refractivity contribution < 1.29 is 9.53 Å². The van der Waals surface area contributed by atoms with Crippen molar-refractivity contribution in [1.82, 2.24) is 13.7 Å². The van der Waals surface area contributed by atoms with Gasteiger partial charge in [-0.3, -0.25) is 4.37 Å². The van der Waals surface area contributed by atoms with E-state index >= 15 is 0 Å². The van der Waals surface area contributed by atoms with Crippen molar-refractivity contribution in [2.75, 3.05) is 6.61 Å². The van der Waals surface area contributed by atoms with Crippen LogP contribution in [0.3, 0.4) is 0 Å². The molecule has 1 N–H and O–H groups in total. The normalized spacial score (nSPS) is 11.2. The maximum absolute atomic E-state index is 12.3. The standard InChI is InChI=1S/C17H13N3O2S/c1-2-22-17(21)16-13-11(8-9-12-15(13)20-23-19-12)14(18-16)10-6-4-3-5-7-10/h3-9,19H,2H2,1H3. The van der Waals surface area contributed by atoms with Crippen molar-refractivity contribution in [3.8, 4) is 11.3 Å². The molecular formula is C17H13N3O2S. The highest BCUT2D eigenvalue weighted by Gasteiger charge is 2.22. The van der Waals surface area contributed by atoms with Crippen LogP contribution < -0.4 is 0 Å². The lowest BCUT2D eigenvalue weighted by Crippen LogP contribution is -2.05. The first-order chi connectivity index (χ1) is 11.3. The summed E-state index contributed by atoms with van der Waals surface area (Å²) in [4.78, 5) is 16.9. The van der Waals surface area contributed by atoms with Gasteiger partial charge in [0.05, 0.1) is 17.8 Å². The molecule has 0 fully saturated rings. The third-order valence-corrected chi connectivity index (χ3v) is 4.29. The van der Waals surface area contributed by atoms with E-state index in [9.17, 15) is 4.79 Å². The van der Waals surface area contributed by atoms with Gasteiger partial charge in [0, 0.05) is 28.1 Å². The zero-order valence-corrected chi connectivity index (χ0v) is 13.2. The number of hydrogen-bond donors (Lipinski definition) is 1. The Kier molecular flexibility index (Phi) is 3.31. The lowest BCUT2D eigenvalue weighted by molar-refractivity contribution is 0.0523. The van der Waals surface area contributed by atoms with Gasteiger partial charge in [0.25, 0.3) is 0 Å². The van der Waals surface area contributed by atoms with Gasteiger partial charge in [0.15, 0.2) is 5.69 Å². The van der Waals surface area contributed by atoms with E-state index in [-0.39, 0.29) is 0 Å². The number of esters is 1. The summed E-state index contributed by atoms with van der Waals surface area (Å²) in [5.74, 6) is -0.416. The largest absolute Gasteiger partial charge is 0.461 e. The lowest BCUT2D eigenvalue weighted by atomic mass is 10.1. The minimum atomic E-state index is -0.416. The minimum Gasteiger partial charge on any atom is -0.461 e. The topological polar surface area (TPSA) is 67.9 Å². The van der Waals surface area contributed by atoms with E-state index in [1.54, 1.807) is 6.92 Å². The van der Waals surface area contributed by atoms with Crippen LogP contribution in [0.2, 0.25) is 0 Å². The summed E-state index contributed by atoms with van der Waals surface area (Å²) in [7, 11) is 0. The second-order valence-corrected chi connectivity index (χ2v) is 5.63. The molecule has 0 radical (unpaired) electrons. The van der Waals surface area contributed by atoms with Gasteiger partial charge >= 0.3 is 5.97 Å². The molecule has 114 valence electrons. The minimum absolute atomic E-state index is 0.313. The highest BCUT2D eigenvalue weighted by Crippen LogP contribution is 2.35. The van der Waals surface area contributed by atoms with Gasteiger partial charge in [-0.2, -0.15) is 4.37 Å². The molecule has 0 bridgehead atoms.